The van der Waals surface area contributed by atoms with Crippen LogP contribution in [0.5, 0.6) is 0 Å². The van der Waals surface area contributed by atoms with Crippen LogP contribution in [0.4, 0.5) is 10.1 Å². The maximum Gasteiger partial charge on any atom is 0.241 e. The lowest BCUT2D eigenvalue weighted by Crippen LogP contribution is -2.68. The van der Waals surface area contributed by atoms with Gasteiger partial charge in [-0.05, 0) is 61.2 Å². The molecule has 1 aliphatic heterocycles. The Morgan fingerprint density at radius 2 is 1.71 bits per heavy atom. The first-order chi connectivity index (χ1) is 11.5. The molecule has 2 aromatic rings. The third kappa shape index (κ3) is 4.10. The van der Waals surface area contributed by atoms with E-state index in [9.17, 15) is 9.18 Å². The van der Waals surface area contributed by atoms with Crippen LogP contribution in [-0.4, -0.2) is 18.2 Å². The summed E-state index contributed by atoms with van der Waals surface area (Å²) in [4.78, 5) is 12.3. The summed E-state index contributed by atoms with van der Waals surface area (Å²) in [6.45, 7) is 4.06. The second-order valence-corrected chi connectivity index (χ2v) is 6.13. The van der Waals surface area contributed by atoms with Crippen molar-refractivity contribution < 1.29 is 9.18 Å². The first-order valence-corrected chi connectivity index (χ1v) is 7.90. The smallest absolute Gasteiger partial charge is 0.241 e. The Morgan fingerprint density at radius 1 is 1.04 bits per heavy atom. The van der Waals surface area contributed by atoms with Crippen molar-refractivity contribution in [2.75, 3.05) is 5.32 Å². The van der Waals surface area contributed by atoms with Gasteiger partial charge in [-0.1, -0.05) is 18.2 Å². The fourth-order valence-electron chi connectivity index (χ4n) is 2.83. The van der Waals surface area contributed by atoms with E-state index in [-0.39, 0.29) is 11.7 Å². The molecular formula is C18H21FN4O. The summed E-state index contributed by atoms with van der Waals surface area (Å²) in [5, 5.41) is 6.12. The van der Waals surface area contributed by atoms with Gasteiger partial charge in [0, 0.05) is 5.69 Å². The Morgan fingerprint density at radius 3 is 2.33 bits per heavy atom. The van der Waals surface area contributed by atoms with Crippen LogP contribution < -0.4 is 21.5 Å². The zero-order valence-electron chi connectivity index (χ0n) is 13.7. The van der Waals surface area contributed by atoms with Gasteiger partial charge in [-0.2, -0.15) is 0 Å². The largest absolute Gasteiger partial charge is 0.352 e. The molecule has 4 N–H and O–H groups in total. The van der Waals surface area contributed by atoms with E-state index >= 15 is 0 Å². The molecule has 6 heteroatoms. The van der Waals surface area contributed by atoms with E-state index in [0.29, 0.717) is 6.42 Å². The second-order valence-electron chi connectivity index (χ2n) is 6.13. The molecule has 0 aliphatic carbocycles. The molecule has 1 amide bonds. The van der Waals surface area contributed by atoms with Gasteiger partial charge in [-0.25, -0.2) is 15.2 Å². The maximum absolute atomic E-state index is 12.9. The molecule has 1 fully saturated rings. The standard InChI is InChI=1S/C18H21FN4O/c1-11-7-12(2)9-15(8-11)20-18-21-17(24)16(22-23-18)10-13-3-5-14(19)6-4-13/h3-9,16,18,20,22-23H,10H2,1-2H3,(H,21,24). The highest BCUT2D eigenvalue weighted by Crippen LogP contribution is 2.14. The molecule has 3 rings (SSSR count). The zero-order chi connectivity index (χ0) is 17.1. The van der Waals surface area contributed by atoms with Gasteiger partial charge in [0.05, 0.1) is 0 Å². The Labute approximate surface area is 140 Å². The van der Waals surface area contributed by atoms with Gasteiger partial charge in [0.15, 0.2) is 6.29 Å². The number of carbonyl (C=O) groups excluding carboxylic acids is 1. The van der Waals surface area contributed by atoms with Crippen molar-refractivity contribution in [1.29, 1.82) is 0 Å². The molecule has 2 unspecified atom stereocenters. The summed E-state index contributed by atoms with van der Waals surface area (Å²) in [6.07, 6.45) is 0.0817. The molecule has 2 aromatic carbocycles. The number of carbonyl (C=O) groups is 1. The number of benzene rings is 2. The van der Waals surface area contributed by atoms with Crippen LogP contribution >= 0.6 is 0 Å². The average Bonchev–Trinajstić information content (AvgIpc) is 2.51. The van der Waals surface area contributed by atoms with Crippen LogP contribution in [0.2, 0.25) is 0 Å². The van der Waals surface area contributed by atoms with Crippen LogP contribution in [-0.2, 0) is 11.2 Å². The number of halogens is 1. The van der Waals surface area contributed by atoms with Gasteiger partial charge in [-0.15, -0.1) is 0 Å². The van der Waals surface area contributed by atoms with Crippen molar-refractivity contribution in [3.8, 4) is 0 Å². The number of nitrogens with one attached hydrogen (secondary N) is 4. The predicted octanol–water partition coefficient (Wildman–Crippen LogP) is 1.97. The van der Waals surface area contributed by atoms with Gasteiger partial charge in [0.2, 0.25) is 5.91 Å². The molecule has 2 atom stereocenters. The topological polar surface area (TPSA) is 65.2 Å². The normalized spacial score (nSPS) is 20.5. The van der Waals surface area contributed by atoms with E-state index in [1.165, 1.54) is 12.1 Å². The lowest BCUT2D eigenvalue weighted by Gasteiger charge is -2.32. The Hall–Kier alpha value is -2.44. The maximum atomic E-state index is 12.9. The molecule has 0 saturated carbocycles. The lowest BCUT2D eigenvalue weighted by molar-refractivity contribution is -0.126. The number of anilines is 1. The molecule has 1 aliphatic rings. The lowest BCUT2D eigenvalue weighted by atomic mass is 10.1. The van der Waals surface area contributed by atoms with Gasteiger partial charge >= 0.3 is 0 Å². The van der Waals surface area contributed by atoms with Gasteiger partial charge in [0.1, 0.15) is 11.9 Å². The van der Waals surface area contributed by atoms with Gasteiger partial charge in [-0.3, -0.25) is 4.79 Å². The molecule has 0 spiro atoms. The summed E-state index contributed by atoms with van der Waals surface area (Å²) in [5.41, 5.74) is 10.2. The monoisotopic (exact) mass is 328 g/mol. The zero-order valence-corrected chi connectivity index (χ0v) is 13.7. The second kappa shape index (κ2) is 6.98. The van der Waals surface area contributed by atoms with Crippen LogP contribution in [0.25, 0.3) is 0 Å². The summed E-state index contributed by atoms with van der Waals surface area (Å²) in [6, 6.07) is 11.9. The highest BCUT2D eigenvalue weighted by atomic mass is 19.1. The van der Waals surface area contributed by atoms with Crippen molar-refractivity contribution in [2.24, 2.45) is 0 Å². The van der Waals surface area contributed by atoms with E-state index in [4.69, 9.17) is 0 Å². The number of hydrogen-bond acceptors (Lipinski definition) is 4. The van der Waals surface area contributed by atoms with Gasteiger partial charge < -0.3 is 10.6 Å². The molecule has 1 saturated heterocycles. The molecule has 0 aromatic heterocycles. The quantitative estimate of drug-likeness (QED) is 0.693. The van der Waals surface area contributed by atoms with Crippen molar-refractivity contribution in [2.45, 2.75) is 32.6 Å². The van der Waals surface area contributed by atoms with Gasteiger partial charge in [0.25, 0.3) is 0 Å². The molecule has 24 heavy (non-hydrogen) atoms. The molecule has 0 bridgehead atoms. The summed E-state index contributed by atoms with van der Waals surface area (Å²) >= 11 is 0. The van der Waals surface area contributed by atoms with Crippen molar-refractivity contribution >= 4 is 11.6 Å². The number of amides is 1. The van der Waals surface area contributed by atoms with E-state index in [2.05, 4.69) is 27.6 Å². The van der Waals surface area contributed by atoms with E-state index in [1.54, 1.807) is 12.1 Å². The number of aryl methyl sites for hydroxylation is 2. The average molecular weight is 328 g/mol. The van der Waals surface area contributed by atoms with Crippen molar-refractivity contribution in [3.63, 3.8) is 0 Å². The number of hydrazine groups is 1. The Bertz CT molecular complexity index is 712. The van der Waals surface area contributed by atoms with Crippen LogP contribution in [0.1, 0.15) is 16.7 Å². The van der Waals surface area contributed by atoms with Crippen molar-refractivity contribution in [1.82, 2.24) is 16.2 Å². The molecule has 5 nitrogen and oxygen atoms in total. The first-order valence-electron chi connectivity index (χ1n) is 7.90. The van der Waals surface area contributed by atoms with E-state index < -0.39 is 12.3 Å². The summed E-state index contributed by atoms with van der Waals surface area (Å²) < 4.78 is 12.9. The van der Waals surface area contributed by atoms with E-state index in [0.717, 1.165) is 22.4 Å². The molecule has 0 radical (unpaired) electrons. The third-order valence-corrected chi connectivity index (χ3v) is 3.89. The molecule has 126 valence electrons. The fourth-order valence-corrected chi connectivity index (χ4v) is 2.83. The first kappa shape index (κ1) is 16.4. The third-order valence-electron chi connectivity index (χ3n) is 3.89. The summed E-state index contributed by atoms with van der Waals surface area (Å²) in [7, 11) is 0. The number of rotatable bonds is 4. The molecular weight excluding hydrogens is 307 g/mol. The van der Waals surface area contributed by atoms with Crippen LogP contribution in [0.3, 0.4) is 0 Å². The fraction of sp³-hybridized carbons (Fsp3) is 0.278. The highest BCUT2D eigenvalue weighted by Gasteiger charge is 2.27. The Kier molecular flexibility index (Phi) is 4.78. The predicted molar refractivity (Wildman–Crippen MR) is 91.6 cm³/mol. The van der Waals surface area contributed by atoms with Crippen molar-refractivity contribution in [3.05, 3.63) is 65.0 Å². The summed E-state index contributed by atoms with van der Waals surface area (Å²) in [5.74, 6) is -0.393. The van der Waals surface area contributed by atoms with Crippen LogP contribution in [0, 0.1) is 19.7 Å². The highest BCUT2D eigenvalue weighted by molar-refractivity contribution is 5.83. The molecule has 1 heterocycles. The number of hydrogen-bond donors (Lipinski definition) is 4. The van der Waals surface area contributed by atoms with Crippen LogP contribution in [0.15, 0.2) is 42.5 Å². The minimum Gasteiger partial charge on any atom is -0.352 e. The minimum absolute atomic E-state index is 0.111. The Balaban J connectivity index is 1.58. The minimum atomic E-state index is -0.409. The SMILES string of the molecule is Cc1cc(C)cc(NC2NNC(Cc3ccc(F)cc3)C(=O)N2)c1. The van der Waals surface area contributed by atoms with E-state index in [1.807, 2.05) is 26.0 Å².